The van der Waals surface area contributed by atoms with E-state index in [-0.39, 0.29) is 37.0 Å². The van der Waals surface area contributed by atoms with E-state index in [1.807, 2.05) is 0 Å². The molecule has 0 bridgehead atoms. The van der Waals surface area contributed by atoms with Gasteiger partial charge in [0.1, 0.15) is 5.75 Å². The van der Waals surface area contributed by atoms with Crippen LogP contribution in [-0.4, -0.2) is 12.3 Å². The Bertz CT molecular complexity index is 751. The van der Waals surface area contributed by atoms with Crippen LogP contribution in [-0.2, 0) is 0 Å². The van der Waals surface area contributed by atoms with Gasteiger partial charge >= 0.3 is 6.18 Å². The number of fused-ring (bicyclic) bond motifs is 1. The van der Waals surface area contributed by atoms with E-state index in [9.17, 15) is 22.0 Å². The molecular weight excluding hydrogens is 407 g/mol. The van der Waals surface area contributed by atoms with Gasteiger partial charge in [-0.2, -0.15) is 13.2 Å². The second-order valence-electron chi connectivity index (χ2n) is 6.28. The quantitative estimate of drug-likeness (QED) is 0.482. The highest BCUT2D eigenvalue weighted by atomic mass is 79.9. The molecule has 0 saturated heterocycles. The van der Waals surface area contributed by atoms with Crippen LogP contribution in [0.5, 0.6) is 5.75 Å². The third-order valence-corrected chi connectivity index (χ3v) is 5.13. The van der Waals surface area contributed by atoms with Crippen LogP contribution in [0.2, 0.25) is 0 Å². The molecule has 2 aromatic carbocycles. The zero-order valence-electron chi connectivity index (χ0n) is 13.1. The molecule has 0 heterocycles. The Hall–Kier alpha value is -1.37. The van der Waals surface area contributed by atoms with Crippen LogP contribution in [0.4, 0.5) is 22.0 Å². The number of ether oxygens (including phenoxy) is 1. The summed E-state index contributed by atoms with van der Waals surface area (Å²) in [5.41, 5.74) is -0.211. The first-order valence-electron chi connectivity index (χ1n) is 7.99. The van der Waals surface area contributed by atoms with Crippen LogP contribution in [0.15, 0.2) is 34.8 Å². The Morgan fingerprint density at radius 1 is 1.00 bits per heavy atom. The van der Waals surface area contributed by atoms with Gasteiger partial charge in [-0.1, -0.05) is 28.1 Å². The van der Waals surface area contributed by atoms with Gasteiger partial charge in [0, 0.05) is 4.47 Å². The fourth-order valence-corrected chi connectivity index (χ4v) is 3.67. The average molecular weight is 423 g/mol. The molecule has 1 saturated carbocycles. The van der Waals surface area contributed by atoms with E-state index in [2.05, 4.69) is 15.9 Å². The van der Waals surface area contributed by atoms with Crippen LogP contribution in [0.1, 0.15) is 37.7 Å². The smallest absolute Gasteiger partial charge is 0.391 e. The van der Waals surface area contributed by atoms with E-state index in [1.54, 1.807) is 24.3 Å². The van der Waals surface area contributed by atoms with Crippen LogP contribution in [0.25, 0.3) is 10.8 Å². The Labute approximate surface area is 150 Å². The normalized spacial score (nSPS) is 21.7. The highest BCUT2D eigenvalue weighted by molar-refractivity contribution is 9.10. The van der Waals surface area contributed by atoms with Gasteiger partial charge in [-0.25, -0.2) is 8.78 Å². The van der Waals surface area contributed by atoms with Crippen molar-refractivity contribution in [3.05, 3.63) is 40.4 Å². The van der Waals surface area contributed by atoms with Crippen LogP contribution in [0.3, 0.4) is 0 Å². The number of benzene rings is 2. The van der Waals surface area contributed by atoms with Gasteiger partial charge in [-0.05, 0) is 54.7 Å². The van der Waals surface area contributed by atoms with Crippen LogP contribution < -0.4 is 4.74 Å². The van der Waals surface area contributed by atoms with Gasteiger partial charge in [-0.3, -0.25) is 0 Å². The molecule has 136 valence electrons. The lowest BCUT2D eigenvalue weighted by Crippen LogP contribution is -2.32. The molecule has 0 aromatic heterocycles. The lowest BCUT2D eigenvalue weighted by Gasteiger charge is -2.30. The summed E-state index contributed by atoms with van der Waals surface area (Å²) >= 11 is 3.27. The molecule has 1 aliphatic carbocycles. The molecule has 1 nitrogen and oxygen atoms in total. The summed E-state index contributed by atoms with van der Waals surface area (Å²) in [6.07, 6.45) is -7.05. The van der Waals surface area contributed by atoms with Crippen molar-refractivity contribution in [1.82, 2.24) is 0 Å². The number of hydrogen-bond acceptors (Lipinski definition) is 1. The number of hydrogen-bond donors (Lipinski definition) is 0. The first kappa shape index (κ1) is 18.4. The Morgan fingerprint density at radius 3 is 2.24 bits per heavy atom. The van der Waals surface area contributed by atoms with Gasteiger partial charge in [0.2, 0.25) is 0 Å². The zero-order valence-corrected chi connectivity index (χ0v) is 14.7. The van der Waals surface area contributed by atoms with Crippen molar-refractivity contribution in [1.29, 1.82) is 0 Å². The van der Waals surface area contributed by atoms with Gasteiger partial charge in [0.15, 0.2) is 0 Å². The predicted octanol–water partition coefficient (Wildman–Crippen LogP) is 7.04. The standard InChI is InChI=1S/C18H16BrF5O/c19-12-5-1-10-2-8-15(16(17(20)21)14(10)9-12)25-13-6-3-11(4-7-13)18(22,23)24/h1-2,5,8-9,11,13,17H,3-4,6-7H2. The summed E-state index contributed by atoms with van der Waals surface area (Å²) in [6.45, 7) is 0. The number of rotatable bonds is 3. The van der Waals surface area contributed by atoms with Crippen LogP contribution >= 0.6 is 15.9 Å². The van der Waals surface area contributed by atoms with Gasteiger partial charge < -0.3 is 4.74 Å². The van der Waals surface area contributed by atoms with Crippen molar-refractivity contribution >= 4 is 26.7 Å². The van der Waals surface area contributed by atoms with E-state index >= 15 is 0 Å². The molecule has 0 atom stereocenters. The van der Waals surface area contributed by atoms with Crippen molar-refractivity contribution in [3.63, 3.8) is 0 Å². The van der Waals surface area contributed by atoms with Crippen LogP contribution in [0, 0.1) is 5.92 Å². The molecule has 0 aliphatic heterocycles. The second-order valence-corrected chi connectivity index (χ2v) is 7.19. The summed E-state index contributed by atoms with van der Waals surface area (Å²) in [7, 11) is 0. The van der Waals surface area contributed by atoms with Gasteiger partial charge in [-0.15, -0.1) is 0 Å². The second kappa shape index (κ2) is 7.09. The molecule has 25 heavy (non-hydrogen) atoms. The Kier molecular flexibility index (Phi) is 5.23. The Balaban J connectivity index is 1.83. The van der Waals surface area contributed by atoms with Crippen molar-refractivity contribution in [2.45, 2.75) is 44.4 Å². The minimum absolute atomic E-state index is 0.0304. The summed E-state index contributed by atoms with van der Waals surface area (Å²) in [5.74, 6) is -1.27. The van der Waals surface area contributed by atoms with Crippen molar-refractivity contribution < 1.29 is 26.7 Å². The molecule has 2 aromatic rings. The first-order chi connectivity index (χ1) is 11.8. The highest BCUT2D eigenvalue weighted by Gasteiger charge is 2.41. The highest BCUT2D eigenvalue weighted by Crippen LogP contribution is 2.41. The molecule has 0 unspecified atom stereocenters. The van der Waals surface area contributed by atoms with Crippen molar-refractivity contribution in [3.8, 4) is 5.75 Å². The van der Waals surface area contributed by atoms with E-state index in [1.165, 1.54) is 6.07 Å². The van der Waals surface area contributed by atoms with E-state index in [0.717, 1.165) is 0 Å². The molecule has 3 rings (SSSR count). The molecule has 7 heteroatoms. The fourth-order valence-electron chi connectivity index (χ4n) is 3.31. The molecule has 1 aliphatic rings. The summed E-state index contributed by atoms with van der Waals surface area (Å²) in [6, 6.07) is 8.25. The van der Waals surface area contributed by atoms with Gasteiger partial charge in [0.05, 0.1) is 17.6 Å². The lowest BCUT2D eigenvalue weighted by atomic mass is 9.87. The molecule has 0 N–H and O–H groups in total. The van der Waals surface area contributed by atoms with E-state index in [4.69, 9.17) is 4.74 Å². The zero-order chi connectivity index (χ0) is 18.2. The number of alkyl halides is 5. The van der Waals surface area contributed by atoms with E-state index < -0.39 is 24.6 Å². The maximum atomic E-state index is 13.6. The topological polar surface area (TPSA) is 9.23 Å². The fraction of sp³-hybridized carbons (Fsp3) is 0.444. The molecular formula is C18H16BrF5O. The van der Waals surface area contributed by atoms with Crippen molar-refractivity contribution in [2.75, 3.05) is 0 Å². The maximum Gasteiger partial charge on any atom is 0.391 e. The Morgan fingerprint density at radius 2 is 1.64 bits per heavy atom. The first-order valence-corrected chi connectivity index (χ1v) is 8.78. The SMILES string of the molecule is FC(F)c1c(OC2CCC(C(F)(F)F)CC2)ccc2ccc(Br)cc12. The lowest BCUT2D eigenvalue weighted by molar-refractivity contribution is -0.185. The minimum Gasteiger partial charge on any atom is -0.490 e. The number of halogens is 6. The molecule has 0 radical (unpaired) electrons. The third kappa shape index (κ3) is 4.07. The largest absolute Gasteiger partial charge is 0.490 e. The van der Waals surface area contributed by atoms with Crippen molar-refractivity contribution in [2.24, 2.45) is 5.92 Å². The molecule has 1 fully saturated rings. The summed E-state index contributed by atoms with van der Waals surface area (Å²) in [5, 5.41) is 1.04. The summed E-state index contributed by atoms with van der Waals surface area (Å²) < 4.78 is 71.8. The monoisotopic (exact) mass is 422 g/mol. The minimum atomic E-state index is -4.20. The van der Waals surface area contributed by atoms with Gasteiger partial charge in [0.25, 0.3) is 6.43 Å². The molecule has 0 spiro atoms. The molecule has 0 amide bonds. The predicted molar refractivity (Wildman–Crippen MR) is 89.0 cm³/mol. The maximum absolute atomic E-state index is 13.6. The third-order valence-electron chi connectivity index (χ3n) is 4.63. The summed E-state index contributed by atoms with van der Waals surface area (Å²) in [4.78, 5) is 0. The average Bonchev–Trinajstić information content (AvgIpc) is 2.53. The van der Waals surface area contributed by atoms with E-state index in [0.29, 0.717) is 15.2 Å².